The number of benzene rings is 2. The summed E-state index contributed by atoms with van der Waals surface area (Å²) in [6.07, 6.45) is 0. The summed E-state index contributed by atoms with van der Waals surface area (Å²) < 4.78 is 5.60. The summed E-state index contributed by atoms with van der Waals surface area (Å²) in [5.41, 5.74) is 1.89. The number of rotatable bonds is 6. The molecule has 27 heavy (non-hydrogen) atoms. The number of thioether (sulfide) groups is 1. The third-order valence-electron chi connectivity index (χ3n) is 3.71. The Morgan fingerprint density at radius 1 is 1.19 bits per heavy atom. The van der Waals surface area contributed by atoms with Gasteiger partial charge in [-0.1, -0.05) is 41.6 Å². The van der Waals surface area contributed by atoms with Gasteiger partial charge in [0.15, 0.2) is 0 Å². The second kappa shape index (κ2) is 8.00. The zero-order valence-electron chi connectivity index (χ0n) is 14.6. The minimum absolute atomic E-state index is 0.144. The topological polar surface area (TPSA) is 111 Å². The van der Waals surface area contributed by atoms with Gasteiger partial charge in [0.1, 0.15) is 5.69 Å². The van der Waals surface area contributed by atoms with E-state index in [0.717, 1.165) is 22.9 Å². The summed E-state index contributed by atoms with van der Waals surface area (Å²) in [6, 6.07) is 13.6. The first-order chi connectivity index (χ1) is 12.9. The lowest BCUT2D eigenvalue weighted by Gasteiger charge is -2.10. The van der Waals surface area contributed by atoms with Gasteiger partial charge < -0.3 is 9.73 Å². The molecule has 0 saturated heterocycles. The number of carbonyl (C=O) groups is 1. The van der Waals surface area contributed by atoms with Gasteiger partial charge >= 0.3 is 0 Å². The van der Waals surface area contributed by atoms with E-state index in [-0.39, 0.29) is 16.6 Å². The Morgan fingerprint density at radius 2 is 1.89 bits per heavy atom. The summed E-state index contributed by atoms with van der Waals surface area (Å²) >= 11 is 1.08. The normalized spacial score (nSPS) is 11.8. The van der Waals surface area contributed by atoms with Crippen LogP contribution in [0.5, 0.6) is 0 Å². The van der Waals surface area contributed by atoms with Crippen LogP contribution in [-0.4, -0.2) is 26.3 Å². The van der Waals surface area contributed by atoms with Gasteiger partial charge in [-0.2, -0.15) is 0 Å². The van der Waals surface area contributed by atoms with Gasteiger partial charge in [0.05, 0.1) is 10.2 Å². The van der Waals surface area contributed by atoms with Gasteiger partial charge in [0.2, 0.25) is 11.8 Å². The van der Waals surface area contributed by atoms with E-state index >= 15 is 0 Å². The van der Waals surface area contributed by atoms with Crippen molar-refractivity contribution in [3.8, 4) is 11.5 Å². The van der Waals surface area contributed by atoms with E-state index in [1.165, 1.54) is 18.2 Å². The molecule has 2 aromatic carbocycles. The molecule has 1 heterocycles. The summed E-state index contributed by atoms with van der Waals surface area (Å²) in [7, 11) is 0. The molecule has 1 aromatic heterocycles. The van der Waals surface area contributed by atoms with Crippen LogP contribution in [0.25, 0.3) is 11.5 Å². The zero-order chi connectivity index (χ0) is 19.4. The molecule has 0 aliphatic heterocycles. The molecule has 0 radical (unpaired) electrons. The van der Waals surface area contributed by atoms with Crippen molar-refractivity contribution in [2.45, 2.75) is 24.3 Å². The number of anilines is 1. The highest BCUT2D eigenvalue weighted by molar-refractivity contribution is 8.00. The third kappa shape index (κ3) is 4.50. The van der Waals surface area contributed by atoms with E-state index in [2.05, 4.69) is 15.5 Å². The predicted molar refractivity (Wildman–Crippen MR) is 102 cm³/mol. The fraction of sp³-hybridized carbons (Fsp3) is 0.167. The van der Waals surface area contributed by atoms with Crippen LogP contribution < -0.4 is 5.32 Å². The van der Waals surface area contributed by atoms with E-state index in [4.69, 9.17) is 4.42 Å². The molecule has 8 nitrogen and oxygen atoms in total. The third-order valence-corrected chi connectivity index (χ3v) is 4.64. The number of aromatic nitrogens is 2. The van der Waals surface area contributed by atoms with E-state index in [1.54, 1.807) is 13.0 Å². The van der Waals surface area contributed by atoms with Crippen LogP contribution in [0, 0.1) is 17.0 Å². The van der Waals surface area contributed by atoms with Crippen molar-refractivity contribution >= 4 is 29.0 Å². The summed E-state index contributed by atoms with van der Waals surface area (Å²) in [5.74, 6) is -0.0341. The summed E-state index contributed by atoms with van der Waals surface area (Å²) in [5, 5.41) is 21.2. The molecule has 3 rings (SSSR count). The molecule has 0 aliphatic rings. The van der Waals surface area contributed by atoms with Crippen molar-refractivity contribution in [1.29, 1.82) is 0 Å². The number of nitrogens with zero attached hydrogens (tertiary/aromatic N) is 3. The molecule has 0 saturated carbocycles. The van der Waals surface area contributed by atoms with Crippen molar-refractivity contribution in [2.75, 3.05) is 5.32 Å². The lowest BCUT2D eigenvalue weighted by Crippen LogP contribution is -2.22. The van der Waals surface area contributed by atoms with Crippen molar-refractivity contribution in [2.24, 2.45) is 0 Å². The van der Waals surface area contributed by atoms with Gasteiger partial charge in [0.25, 0.3) is 10.9 Å². The maximum absolute atomic E-state index is 12.4. The number of nitrogens with one attached hydrogen (secondary N) is 1. The molecule has 0 spiro atoms. The van der Waals surface area contributed by atoms with Gasteiger partial charge in [-0.15, -0.1) is 10.2 Å². The number of amides is 1. The number of hydrogen-bond acceptors (Lipinski definition) is 7. The number of hydrogen-bond donors (Lipinski definition) is 1. The fourth-order valence-electron chi connectivity index (χ4n) is 2.25. The number of aryl methyl sites for hydroxylation is 1. The van der Waals surface area contributed by atoms with Crippen LogP contribution in [0.15, 0.2) is 58.2 Å². The van der Waals surface area contributed by atoms with E-state index in [9.17, 15) is 14.9 Å². The van der Waals surface area contributed by atoms with Crippen LogP contribution in [0.2, 0.25) is 0 Å². The number of nitro benzene ring substituents is 1. The minimum atomic E-state index is -0.587. The monoisotopic (exact) mass is 384 g/mol. The second-order valence-electron chi connectivity index (χ2n) is 5.76. The predicted octanol–water partition coefficient (Wildman–Crippen LogP) is 4.07. The molecule has 1 amide bonds. The highest BCUT2D eigenvalue weighted by atomic mass is 32.2. The van der Waals surface area contributed by atoms with Crippen LogP contribution >= 0.6 is 11.8 Å². The van der Waals surface area contributed by atoms with E-state index < -0.39 is 16.1 Å². The zero-order valence-corrected chi connectivity index (χ0v) is 15.4. The van der Waals surface area contributed by atoms with Gasteiger partial charge in [-0.05, 0) is 32.0 Å². The first kappa shape index (κ1) is 18.6. The highest BCUT2D eigenvalue weighted by Gasteiger charge is 2.22. The average Bonchev–Trinajstić information content (AvgIpc) is 3.11. The Bertz CT molecular complexity index is 972. The Labute approximate surface area is 159 Å². The smallest absolute Gasteiger partial charge is 0.292 e. The lowest BCUT2D eigenvalue weighted by molar-refractivity contribution is -0.383. The average molecular weight is 384 g/mol. The lowest BCUT2D eigenvalue weighted by atomic mass is 10.1. The quantitative estimate of drug-likeness (QED) is 0.387. The largest absolute Gasteiger partial charge is 0.411 e. The number of para-hydroxylation sites is 2. The highest BCUT2D eigenvalue weighted by Crippen LogP contribution is 2.28. The van der Waals surface area contributed by atoms with Gasteiger partial charge in [0, 0.05) is 11.6 Å². The standard InChI is InChI=1S/C18H16N4O4S/c1-11-7-9-13(10-8-11)17-20-21-18(26-17)27-12(2)16(23)19-14-5-3-4-6-15(14)22(24)25/h3-10,12H,1-2H3,(H,19,23)/t12-/m0/s1. The molecule has 1 atom stereocenters. The number of carbonyl (C=O) groups excluding carboxylic acids is 1. The Morgan fingerprint density at radius 3 is 2.59 bits per heavy atom. The van der Waals surface area contributed by atoms with Gasteiger partial charge in [-0.3, -0.25) is 14.9 Å². The molecule has 0 unspecified atom stereocenters. The van der Waals surface area contributed by atoms with Gasteiger partial charge in [-0.25, -0.2) is 0 Å². The Hall–Kier alpha value is -3.20. The maximum atomic E-state index is 12.4. The van der Waals surface area contributed by atoms with Crippen molar-refractivity contribution in [1.82, 2.24) is 10.2 Å². The maximum Gasteiger partial charge on any atom is 0.292 e. The molecular weight excluding hydrogens is 368 g/mol. The molecular formula is C18H16N4O4S. The van der Waals surface area contributed by atoms with E-state index in [1.807, 2.05) is 31.2 Å². The molecule has 138 valence electrons. The Balaban J connectivity index is 1.67. The molecule has 3 aromatic rings. The summed E-state index contributed by atoms with van der Waals surface area (Å²) in [4.78, 5) is 22.9. The first-order valence-corrected chi connectivity index (χ1v) is 8.93. The second-order valence-corrected chi connectivity index (χ2v) is 7.05. The number of nitro groups is 1. The van der Waals surface area contributed by atoms with Crippen LogP contribution in [-0.2, 0) is 4.79 Å². The van der Waals surface area contributed by atoms with Crippen molar-refractivity contribution in [3.63, 3.8) is 0 Å². The molecule has 0 fully saturated rings. The molecule has 0 bridgehead atoms. The molecule has 0 aliphatic carbocycles. The Kier molecular flexibility index (Phi) is 5.51. The van der Waals surface area contributed by atoms with Crippen LogP contribution in [0.4, 0.5) is 11.4 Å². The van der Waals surface area contributed by atoms with Crippen LogP contribution in [0.1, 0.15) is 12.5 Å². The van der Waals surface area contributed by atoms with Crippen molar-refractivity contribution in [3.05, 3.63) is 64.2 Å². The van der Waals surface area contributed by atoms with E-state index in [0.29, 0.717) is 5.89 Å². The molecule has 9 heteroatoms. The molecule has 1 N–H and O–H groups in total. The van der Waals surface area contributed by atoms with Crippen molar-refractivity contribution < 1.29 is 14.1 Å². The SMILES string of the molecule is Cc1ccc(-c2nnc(S[C@@H](C)C(=O)Nc3ccccc3[N+](=O)[O-])o2)cc1. The minimum Gasteiger partial charge on any atom is -0.411 e. The summed E-state index contributed by atoms with van der Waals surface area (Å²) in [6.45, 7) is 3.64. The van der Waals surface area contributed by atoms with Crippen LogP contribution in [0.3, 0.4) is 0 Å². The fourth-order valence-corrected chi connectivity index (χ4v) is 2.93. The first-order valence-electron chi connectivity index (χ1n) is 8.05.